The summed E-state index contributed by atoms with van der Waals surface area (Å²) in [7, 11) is -8.18. The van der Waals surface area contributed by atoms with E-state index in [-0.39, 0.29) is 16.6 Å². The maximum absolute atomic E-state index is 15.1. The van der Waals surface area contributed by atoms with Gasteiger partial charge in [0, 0.05) is 0 Å². The average molecular weight is 651 g/mol. The van der Waals surface area contributed by atoms with E-state index in [4.69, 9.17) is 0 Å². The zero-order valence-electron chi connectivity index (χ0n) is 27.2. The standard InChI is InChI=1S/C38H50O5S2/c1-21(2)31-19-30(22(3)10-37(31)45(41,42)43)20-44(39,40)38-35(33-15-24-5-8-27(33)12-24)17-29(32-14-23-4-7-26(32)11-23)18-36(38)34-16-25-6-9-28(34)13-25/h10,17-19,21,23-28,32-34H,4-9,11-16,20H2,1-3H3,(H,41,42,43). The lowest BCUT2D eigenvalue weighted by Gasteiger charge is -2.33. The first-order chi connectivity index (χ1) is 21.4. The van der Waals surface area contributed by atoms with Crippen molar-refractivity contribution < 1.29 is 21.4 Å². The molecule has 9 atom stereocenters. The van der Waals surface area contributed by atoms with Crippen LogP contribution in [-0.4, -0.2) is 21.4 Å². The van der Waals surface area contributed by atoms with Gasteiger partial charge >= 0.3 is 0 Å². The van der Waals surface area contributed by atoms with Gasteiger partial charge in [-0.3, -0.25) is 4.55 Å². The third-order valence-corrected chi connectivity index (χ3v) is 16.3. The second-order valence-corrected chi connectivity index (χ2v) is 19.9. The molecule has 0 heterocycles. The molecule has 6 aliphatic rings. The molecule has 0 amide bonds. The molecule has 0 aromatic heterocycles. The average Bonchev–Trinajstić information content (AvgIpc) is 3.85. The molecule has 8 rings (SSSR count). The van der Waals surface area contributed by atoms with Crippen molar-refractivity contribution in [2.45, 2.75) is 137 Å². The Labute approximate surface area is 270 Å². The Morgan fingerprint density at radius 2 is 1.18 bits per heavy atom. The van der Waals surface area contributed by atoms with Crippen molar-refractivity contribution in [3.63, 3.8) is 0 Å². The molecule has 6 saturated carbocycles. The molecule has 5 nitrogen and oxygen atoms in total. The van der Waals surface area contributed by atoms with Gasteiger partial charge in [-0.2, -0.15) is 8.42 Å². The Hall–Kier alpha value is -1.70. The maximum Gasteiger partial charge on any atom is 0.294 e. The van der Waals surface area contributed by atoms with Gasteiger partial charge in [0.15, 0.2) is 9.84 Å². The van der Waals surface area contributed by atoms with Gasteiger partial charge < -0.3 is 0 Å². The number of hydrogen-bond acceptors (Lipinski definition) is 4. The first kappa shape index (κ1) is 30.6. The van der Waals surface area contributed by atoms with Crippen LogP contribution in [0.3, 0.4) is 0 Å². The lowest BCUT2D eigenvalue weighted by molar-refractivity contribution is 0.395. The fourth-order valence-corrected chi connectivity index (χ4v) is 14.5. The van der Waals surface area contributed by atoms with Crippen molar-refractivity contribution >= 4 is 20.0 Å². The normalized spacial score (nSPS) is 35.4. The van der Waals surface area contributed by atoms with Crippen LogP contribution in [0.4, 0.5) is 0 Å². The van der Waals surface area contributed by atoms with E-state index in [0.717, 1.165) is 47.6 Å². The molecule has 6 bridgehead atoms. The van der Waals surface area contributed by atoms with Crippen molar-refractivity contribution in [3.8, 4) is 0 Å². The summed E-state index contributed by atoms with van der Waals surface area (Å²) in [5.41, 5.74) is 5.42. The van der Waals surface area contributed by atoms with E-state index in [1.165, 1.54) is 75.8 Å². The molecule has 0 aliphatic heterocycles. The van der Waals surface area contributed by atoms with Crippen LogP contribution < -0.4 is 0 Å². The first-order valence-electron chi connectivity index (χ1n) is 17.9. The SMILES string of the molecule is Cc1cc(S(=O)(=O)O)c(C(C)C)cc1CS(=O)(=O)c1c(C2CC3CCC2C3)cc(C2CC3CCC2C3)cc1C1CC2CCC1C2. The largest absolute Gasteiger partial charge is 0.294 e. The highest BCUT2D eigenvalue weighted by molar-refractivity contribution is 7.90. The smallest absolute Gasteiger partial charge is 0.282 e. The Morgan fingerprint density at radius 3 is 1.58 bits per heavy atom. The Kier molecular flexibility index (Phi) is 7.43. The zero-order chi connectivity index (χ0) is 31.4. The number of fused-ring (bicyclic) bond motifs is 6. The molecule has 6 aliphatic carbocycles. The van der Waals surface area contributed by atoms with Gasteiger partial charge in [-0.05, 0) is 163 Å². The van der Waals surface area contributed by atoms with E-state index in [2.05, 4.69) is 12.1 Å². The Balaban J connectivity index is 1.29. The lowest BCUT2D eigenvalue weighted by atomic mass is 9.75. The van der Waals surface area contributed by atoms with Crippen molar-refractivity contribution in [2.75, 3.05) is 0 Å². The summed E-state index contributed by atoms with van der Waals surface area (Å²) in [5.74, 6) is 5.06. The Bertz CT molecular complexity index is 1690. The summed E-state index contributed by atoms with van der Waals surface area (Å²) < 4.78 is 64.7. The highest BCUT2D eigenvalue weighted by Gasteiger charge is 2.48. The number of hydrogen-bond donors (Lipinski definition) is 1. The zero-order valence-corrected chi connectivity index (χ0v) is 28.8. The monoisotopic (exact) mass is 650 g/mol. The van der Waals surface area contributed by atoms with Crippen molar-refractivity contribution in [2.24, 2.45) is 35.5 Å². The molecular weight excluding hydrogens is 601 g/mol. The minimum absolute atomic E-state index is 0.114. The van der Waals surface area contributed by atoms with Crippen molar-refractivity contribution in [3.05, 3.63) is 57.6 Å². The van der Waals surface area contributed by atoms with E-state index < -0.39 is 20.0 Å². The van der Waals surface area contributed by atoms with Crippen LogP contribution in [0.5, 0.6) is 0 Å². The molecule has 45 heavy (non-hydrogen) atoms. The summed E-state index contributed by atoms with van der Waals surface area (Å²) in [4.78, 5) is 0.533. The van der Waals surface area contributed by atoms with E-state index >= 15 is 8.42 Å². The van der Waals surface area contributed by atoms with Gasteiger partial charge in [-0.15, -0.1) is 0 Å². The topological polar surface area (TPSA) is 88.5 Å². The molecule has 0 saturated heterocycles. The minimum Gasteiger partial charge on any atom is -0.282 e. The first-order valence-corrected chi connectivity index (χ1v) is 21.0. The van der Waals surface area contributed by atoms with Gasteiger partial charge in [0.1, 0.15) is 0 Å². The third-order valence-electron chi connectivity index (χ3n) is 13.6. The highest BCUT2D eigenvalue weighted by atomic mass is 32.2. The fraction of sp³-hybridized carbons (Fsp3) is 0.684. The summed E-state index contributed by atoms with van der Waals surface area (Å²) in [6, 6.07) is 8.00. The van der Waals surface area contributed by atoms with E-state index in [0.29, 0.717) is 51.2 Å². The second-order valence-electron chi connectivity index (χ2n) is 16.6. The van der Waals surface area contributed by atoms with E-state index in [1.807, 2.05) is 13.8 Å². The lowest BCUT2D eigenvalue weighted by Crippen LogP contribution is -2.22. The Morgan fingerprint density at radius 1 is 0.689 bits per heavy atom. The van der Waals surface area contributed by atoms with Crippen LogP contribution in [0.25, 0.3) is 0 Å². The van der Waals surface area contributed by atoms with Crippen LogP contribution >= 0.6 is 0 Å². The third kappa shape index (κ3) is 5.26. The van der Waals surface area contributed by atoms with Crippen molar-refractivity contribution in [1.82, 2.24) is 0 Å². The molecule has 0 radical (unpaired) electrons. The predicted octanol–water partition coefficient (Wildman–Crippen LogP) is 9.05. The number of sulfone groups is 1. The van der Waals surface area contributed by atoms with Gasteiger partial charge in [0.05, 0.1) is 15.5 Å². The second kappa shape index (κ2) is 10.9. The van der Waals surface area contributed by atoms with Crippen LogP contribution in [0.1, 0.15) is 148 Å². The molecule has 7 heteroatoms. The quantitative estimate of drug-likeness (QED) is 0.288. The molecule has 2 aromatic rings. The number of rotatable bonds is 8. The fourth-order valence-electron chi connectivity index (χ4n) is 11.6. The van der Waals surface area contributed by atoms with Crippen LogP contribution in [-0.2, 0) is 25.7 Å². The van der Waals surface area contributed by atoms with Crippen molar-refractivity contribution in [1.29, 1.82) is 0 Å². The van der Waals surface area contributed by atoms with Crippen LogP contribution in [0.15, 0.2) is 34.1 Å². The highest BCUT2D eigenvalue weighted by Crippen LogP contribution is 2.60. The molecule has 1 N–H and O–H groups in total. The van der Waals surface area contributed by atoms with Crippen LogP contribution in [0.2, 0.25) is 0 Å². The molecule has 2 aromatic carbocycles. The van der Waals surface area contributed by atoms with E-state index in [1.54, 1.807) is 13.0 Å². The van der Waals surface area contributed by atoms with Gasteiger partial charge in [0.25, 0.3) is 10.1 Å². The molecular formula is C38H50O5S2. The summed E-state index contributed by atoms with van der Waals surface area (Å²) >= 11 is 0. The number of aryl methyl sites for hydroxylation is 1. The van der Waals surface area contributed by atoms with Gasteiger partial charge in [-0.25, -0.2) is 8.42 Å². The predicted molar refractivity (Wildman–Crippen MR) is 177 cm³/mol. The van der Waals surface area contributed by atoms with Gasteiger partial charge in [-0.1, -0.05) is 51.3 Å². The minimum atomic E-state index is -4.43. The van der Waals surface area contributed by atoms with E-state index in [9.17, 15) is 13.0 Å². The van der Waals surface area contributed by atoms with Gasteiger partial charge in [0.2, 0.25) is 0 Å². The summed E-state index contributed by atoms with van der Waals surface area (Å²) in [6.07, 6.45) is 15.0. The summed E-state index contributed by atoms with van der Waals surface area (Å²) in [6.45, 7) is 5.54. The molecule has 0 spiro atoms. The molecule has 6 fully saturated rings. The molecule has 244 valence electrons. The summed E-state index contributed by atoms with van der Waals surface area (Å²) in [5, 5.41) is 0. The number of benzene rings is 2. The molecule has 9 unspecified atom stereocenters. The maximum atomic E-state index is 15.1. The van der Waals surface area contributed by atoms with Crippen LogP contribution in [0, 0.1) is 42.4 Å².